The average molecular weight is 495 g/mol. The van der Waals surface area contributed by atoms with E-state index in [-0.39, 0.29) is 23.5 Å². The number of hydrogen-bond acceptors (Lipinski definition) is 6. The van der Waals surface area contributed by atoms with Crippen molar-refractivity contribution in [3.8, 4) is 23.0 Å². The molecule has 0 spiro atoms. The third kappa shape index (κ3) is 7.34. The molecule has 0 aliphatic rings. The molecular formula is C30H42N2O4. The predicted octanol–water partition coefficient (Wildman–Crippen LogP) is 6.12. The first-order chi connectivity index (χ1) is 16.9. The monoisotopic (exact) mass is 494 g/mol. The Morgan fingerprint density at radius 2 is 1.61 bits per heavy atom. The number of nitrogens with one attached hydrogen (secondary N) is 1. The standard InChI is InChI=1S/C30H42N2O4/c1-20(12-14-33)31-18-21-8-10-24(11-9-21)35-15-13-23-19-36-28(32-23)22-16-25(29(2,3)4)27(34)26(17-22)30(5,6)7/h8-11,16-17,19-20,31,33-34H,12-15,18H2,1-7H3. The lowest BCUT2D eigenvalue weighted by Gasteiger charge is -2.27. The van der Waals surface area contributed by atoms with Gasteiger partial charge in [-0.05, 0) is 54.0 Å². The number of rotatable bonds is 10. The van der Waals surface area contributed by atoms with E-state index in [1.165, 1.54) is 5.56 Å². The number of aliphatic hydroxyl groups is 1. The molecule has 196 valence electrons. The minimum absolute atomic E-state index is 0.193. The molecule has 0 amide bonds. The van der Waals surface area contributed by atoms with Crippen molar-refractivity contribution in [3.63, 3.8) is 0 Å². The molecule has 0 saturated heterocycles. The van der Waals surface area contributed by atoms with Gasteiger partial charge in [0.15, 0.2) is 0 Å². The molecule has 1 unspecified atom stereocenters. The van der Waals surface area contributed by atoms with E-state index in [9.17, 15) is 5.11 Å². The predicted molar refractivity (Wildman–Crippen MR) is 145 cm³/mol. The van der Waals surface area contributed by atoms with Gasteiger partial charge in [0.2, 0.25) is 5.89 Å². The number of aliphatic hydroxyl groups excluding tert-OH is 1. The van der Waals surface area contributed by atoms with Crippen LogP contribution in [-0.4, -0.2) is 34.5 Å². The normalized spacial score (nSPS) is 13.1. The Labute approximate surface area is 215 Å². The fourth-order valence-electron chi connectivity index (χ4n) is 4.02. The summed E-state index contributed by atoms with van der Waals surface area (Å²) in [5.74, 6) is 1.71. The number of benzene rings is 2. The van der Waals surface area contributed by atoms with Crippen LogP contribution in [0.5, 0.6) is 11.5 Å². The highest BCUT2D eigenvalue weighted by atomic mass is 16.5. The van der Waals surface area contributed by atoms with Crippen LogP contribution >= 0.6 is 0 Å². The van der Waals surface area contributed by atoms with Crippen molar-refractivity contribution in [2.45, 2.75) is 84.7 Å². The number of aromatic hydroxyl groups is 1. The van der Waals surface area contributed by atoms with E-state index in [1.807, 2.05) is 36.4 Å². The molecule has 1 aromatic heterocycles. The van der Waals surface area contributed by atoms with E-state index in [0.717, 1.165) is 41.1 Å². The summed E-state index contributed by atoms with van der Waals surface area (Å²) in [5.41, 5.74) is 4.20. The summed E-state index contributed by atoms with van der Waals surface area (Å²) < 4.78 is 11.8. The largest absolute Gasteiger partial charge is 0.507 e. The van der Waals surface area contributed by atoms with Gasteiger partial charge in [0.25, 0.3) is 0 Å². The Hall–Kier alpha value is -2.83. The zero-order valence-electron chi connectivity index (χ0n) is 22.8. The van der Waals surface area contributed by atoms with Gasteiger partial charge in [-0.3, -0.25) is 0 Å². The van der Waals surface area contributed by atoms with Crippen molar-refractivity contribution in [3.05, 3.63) is 65.0 Å². The molecule has 2 aromatic carbocycles. The van der Waals surface area contributed by atoms with Gasteiger partial charge >= 0.3 is 0 Å². The first-order valence-corrected chi connectivity index (χ1v) is 12.8. The molecule has 0 saturated carbocycles. The lowest BCUT2D eigenvalue weighted by molar-refractivity contribution is 0.268. The lowest BCUT2D eigenvalue weighted by atomic mass is 9.78. The van der Waals surface area contributed by atoms with Crippen molar-refractivity contribution in [1.29, 1.82) is 0 Å². The maximum absolute atomic E-state index is 11.0. The Morgan fingerprint density at radius 3 is 2.17 bits per heavy atom. The van der Waals surface area contributed by atoms with E-state index in [4.69, 9.17) is 19.2 Å². The number of oxazole rings is 1. The number of hydrogen-bond donors (Lipinski definition) is 3. The SMILES string of the molecule is CC(CCO)NCc1ccc(OCCc2coc(-c3cc(C(C)(C)C)c(O)c(C(C)(C)C)c3)n2)cc1. The Morgan fingerprint density at radius 1 is 1.00 bits per heavy atom. The topological polar surface area (TPSA) is 87.8 Å². The minimum Gasteiger partial charge on any atom is -0.507 e. The van der Waals surface area contributed by atoms with E-state index in [1.54, 1.807) is 6.26 Å². The number of aromatic nitrogens is 1. The Kier molecular flexibility index (Phi) is 8.85. The van der Waals surface area contributed by atoms with Crippen LogP contribution in [0.25, 0.3) is 11.5 Å². The minimum atomic E-state index is -0.216. The first-order valence-electron chi connectivity index (χ1n) is 12.8. The van der Waals surface area contributed by atoms with E-state index < -0.39 is 0 Å². The smallest absolute Gasteiger partial charge is 0.226 e. The summed E-state index contributed by atoms with van der Waals surface area (Å²) in [6.45, 7) is 16.1. The molecule has 1 heterocycles. The third-order valence-electron chi connectivity index (χ3n) is 6.29. The van der Waals surface area contributed by atoms with Crippen LogP contribution in [0.3, 0.4) is 0 Å². The van der Waals surface area contributed by atoms with Crippen LogP contribution in [-0.2, 0) is 23.8 Å². The highest BCUT2D eigenvalue weighted by Gasteiger charge is 2.27. The summed E-state index contributed by atoms with van der Waals surface area (Å²) in [4.78, 5) is 4.70. The van der Waals surface area contributed by atoms with Crippen molar-refractivity contribution >= 4 is 0 Å². The van der Waals surface area contributed by atoms with E-state index in [2.05, 4.69) is 53.8 Å². The summed E-state index contributed by atoms with van der Waals surface area (Å²) in [6.07, 6.45) is 3.05. The fraction of sp³-hybridized carbons (Fsp3) is 0.500. The number of phenols is 1. The summed E-state index contributed by atoms with van der Waals surface area (Å²) in [5, 5.41) is 23.4. The maximum atomic E-state index is 11.0. The van der Waals surface area contributed by atoms with Crippen LogP contribution in [0.1, 0.15) is 77.3 Å². The number of phenolic OH excluding ortho intramolecular Hbond substituents is 1. The van der Waals surface area contributed by atoms with Crippen LogP contribution in [0.2, 0.25) is 0 Å². The molecule has 0 bridgehead atoms. The fourth-order valence-corrected chi connectivity index (χ4v) is 4.02. The zero-order valence-corrected chi connectivity index (χ0v) is 22.8. The first kappa shape index (κ1) is 27.8. The van der Waals surface area contributed by atoms with Gasteiger partial charge < -0.3 is 24.7 Å². The van der Waals surface area contributed by atoms with Gasteiger partial charge in [-0.25, -0.2) is 4.98 Å². The molecule has 3 rings (SSSR count). The quantitative estimate of drug-likeness (QED) is 0.314. The molecular weight excluding hydrogens is 452 g/mol. The second-order valence-electron chi connectivity index (χ2n) is 11.6. The molecule has 0 aliphatic heterocycles. The maximum Gasteiger partial charge on any atom is 0.226 e. The van der Waals surface area contributed by atoms with Crippen LogP contribution in [0.15, 0.2) is 47.1 Å². The second-order valence-corrected chi connectivity index (χ2v) is 11.6. The van der Waals surface area contributed by atoms with E-state index >= 15 is 0 Å². The second kappa shape index (κ2) is 11.5. The number of ether oxygens (including phenoxy) is 1. The van der Waals surface area contributed by atoms with Crippen LogP contribution in [0.4, 0.5) is 0 Å². The molecule has 3 N–H and O–H groups in total. The number of nitrogens with zero attached hydrogens (tertiary/aromatic N) is 1. The Bertz CT molecular complexity index is 1090. The molecule has 0 fully saturated rings. The molecule has 1 atom stereocenters. The summed E-state index contributed by atoms with van der Waals surface area (Å²) in [6, 6.07) is 12.3. The van der Waals surface area contributed by atoms with Crippen LogP contribution < -0.4 is 10.1 Å². The molecule has 0 aliphatic carbocycles. The van der Waals surface area contributed by atoms with Gasteiger partial charge in [0, 0.05) is 42.3 Å². The van der Waals surface area contributed by atoms with Crippen molar-refractivity contribution in [2.75, 3.05) is 13.2 Å². The zero-order chi connectivity index (χ0) is 26.5. The highest BCUT2D eigenvalue weighted by Crippen LogP contribution is 2.41. The molecule has 3 aromatic rings. The molecule has 6 nitrogen and oxygen atoms in total. The van der Waals surface area contributed by atoms with Gasteiger partial charge in [-0.2, -0.15) is 0 Å². The Balaban J connectivity index is 1.64. The summed E-state index contributed by atoms with van der Waals surface area (Å²) in [7, 11) is 0. The lowest BCUT2D eigenvalue weighted by Crippen LogP contribution is -2.26. The van der Waals surface area contributed by atoms with E-state index in [0.29, 0.717) is 24.7 Å². The van der Waals surface area contributed by atoms with Crippen molar-refractivity contribution < 1.29 is 19.4 Å². The highest BCUT2D eigenvalue weighted by molar-refractivity contribution is 5.63. The molecule has 36 heavy (non-hydrogen) atoms. The molecule has 6 heteroatoms. The van der Waals surface area contributed by atoms with Crippen LogP contribution in [0, 0.1) is 0 Å². The van der Waals surface area contributed by atoms with Crippen molar-refractivity contribution in [1.82, 2.24) is 10.3 Å². The van der Waals surface area contributed by atoms with Gasteiger partial charge in [0.05, 0.1) is 12.3 Å². The molecule has 0 radical (unpaired) electrons. The van der Waals surface area contributed by atoms with Gasteiger partial charge in [-0.15, -0.1) is 0 Å². The van der Waals surface area contributed by atoms with Crippen molar-refractivity contribution in [2.24, 2.45) is 0 Å². The van der Waals surface area contributed by atoms with Gasteiger partial charge in [0.1, 0.15) is 17.8 Å². The average Bonchev–Trinajstić information content (AvgIpc) is 3.26. The third-order valence-corrected chi connectivity index (χ3v) is 6.29. The van der Waals surface area contributed by atoms with Gasteiger partial charge in [-0.1, -0.05) is 53.7 Å². The summed E-state index contributed by atoms with van der Waals surface area (Å²) >= 11 is 0.